The molecule has 9 nitrogen and oxygen atoms in total. The number of hydrogen-bond acceptors (Lipinski definition) is 7. The first kappa shape index (κ1) is 21.9. The summed E-state index contributed by atoms with van der Waals surface area (Å²) in [6, 6.07) is 6.50. The highest BCUT2D eigenvalue weighted by Crippen LogP contribution is 2.36. The minimum absolute atomic E-state index is 0.139. The highest BCUT2D eigenvalue weighted by molar-refractivity contribution is 5.83. The van der Waals surface area contributed by atoms with Crippen molar-refractivity contribution in [1.82, 2.24) is 24.8 Å². The Kier molecular flexibility index (Phi) is 5.60. The molecule has 1 aliphatic carbocycles. The first-order chi connectivity index (χ1) is 15.8. The number of carbonyl (C=O) groups excluding carboxylic acids is 1. The zero-order chi connectivity index (χ0) is 23.2. The van der Waals surface area contributed by atoms with E-state index >= 15 is 0 Å². The van der Waals surface area contributed by atoms with Gasteiger partial charge in [0.2, 0.25) is 11.7 Å². The van der Waals surface area contributed by atoms with E-state index < -0.39 is 5.60 Å². The van der Waals surface area contributed by atoms with Crippen LogP contribution in [-0.2, 0) is 9.47 Å². The van der Waals surface area contributed by atoms with Crippen LogP contribution in [0.2, 0.25) is 0 Å². The summed E-state index contributed by atoms with van der Waals surface area (Å²) in [6.45, 7) is 6.87. The van der Waals surface area contributed by atoms with E-state index in [2.05, 4.69) is 27.1 Å². The smallest absolute Gasteiger partial charge is 0.410 e. The molecule has 176 valence electrons. The molecular weight excluding hydrogens is 422 g/mol. The Bertz CT molecular complexity index is 1130. The van der Waals surface area contributed by atoms with Crippen LogP contribution in [0, 0.1) is 0 Å². The van der Waals surface area contributed by atoms with E-state index in [-0.39, 0.29) is 12.0 Å². The van der Waals surface area contributed by atoms with Gasteiger partial charge in [-0.1, -0.05) is 17.3 Å². The lowest BCUT2D eigenvalue weighted by atomic mass is 9.89. The van der Waals surface area contributed by atoms with Gasteiger partial charge in [-0.2, -0.15) is 10.1 Å². The second kappa shape index (κ2) is 8.44. The molecule has 1 amide bonds. The Morgan fingerprint density at radius 3 is 2.64 bits per heavy atom. The van der Waals surface area contributed by atoms with E-state index in [1.165, 1.54) is 0 Å². The number of fused-ring (bicyclic) bond motifs is 1. The Morgan fingerprint density at radius 2 is 1.94 bits per heavy atom. The summed E-state index contributed by atoms with van der Waals surface area (Å²) in [6.07, 6.45) is 5.46. The third kappa shape index (κ3) is 4.46. The van der Waals surface area contributed by atoms with Crippen LogP contribution < -0.4 is 0 Å². The van der Waals surface area contributed by atoms with Gasteiger partial charge in [0, 0.05) is 37.1 Å². The van der Waals surface area contributed by atoms with Crippen LogP contribution in [-0.4, -0.2) is 62.8 Å². The topological polar surface area (TPSA) is 95.5 Å². The summed E-state index contributed by atoms with van der Waals surface area (Å²) in [4.78, 5) is 18.8. The molecule has 0 radical (unpaired) electrons. The second-order valence-electron chi connectivity index (χ2n) is 10.0. The van der Waals surface area contributed by atoms with E-state index in [0.717, 1.165) is 42.1 Å². The van der Waals surface area contributed by atoms with Crippen molar-refractivity contribution in [3.8, 4) is 11.4 Å². The molecule has 2 aromatic heterocycles. The number of hydrogen-bond donors (Lipinski definition) is 0. The zero-order valence-electron chi connectivity index (χ0n) is 19.7. The lowest BCUT2D eigenvalue weighted by Gasteiger charge is -2.34. The van der Waals surface area contributed by atoms with Gasteiger partial charge in [0.15, 0.2) is 0 Å². The molecule has 3 aromatic rings. The number of carbonyl (C=O) groups is 1. The number of methoxy groups -OCH3 is 1. The van der Waals surface area contributed by atoms with Gasteiger partial charge in [0.25, 0.3) is 0 Å². The molecule has 1 aromatic carbocycles. The maximum atomic E-state index is 12.3. The molecule has 0 atom stereocenters. The number of rotatable bonds is 4. The summed E-state index contributed by atoms with van der Waals surface area (Å²) >= 11 is 0. The Hall–Kier alpha value is -2.94. The molecule has 0 spiro atoms. The van der Waals surface area contributed by atoms with Gasteiger partial charge in [-0.05, 0) is 52.5 Å². The van der Waals surface area contributed by atoms with E-state index in [9.17, 15) is 4.79 Å². The van der Waals surface area contributed by atoms with Crippen molar-refractivity contribution in [2.24, 2.45) is 0 Å². The number of aromatic nitrogens is 4. The third-order valence-electron chi connectivity index (χ3n) is 6.54. The molecular formula is C24H31N5O4. The summed E-state index contributed by atoms with van der Waals surface area (Å²) in [5.74, 6) is 1.35. The van der Waals surface area contributed by atoms with Gasteiger partial charge in [0.05, 0.1) is 23.9 Å². The fourth-order valence-corrected chi connectivity index (χ4v) is 4.55. The molecule has 0 bridgehead atoms. The molecule has 5 rings (SSSR count). The summed E-state index contributed by atoms with van der Waals surface area (Å²) in [7, 11) is 1.76. The summed E-state index contributed by atoms with van der Waals surface area (Å²) in [5.41, 5.74) is 1.49. The first-order valence-corrected chi connectivity index (χ1v) is 11.6. The highest BCUT2D eigenvalue weighted by Gasteiger charge is 2.32. The van der Waals surface area contributed by atoms with Gasteiger partial charge >= 0.3 is 6.09 Å². The fraction of sp³-hybridized carbons (Fsp3) is 0.583. The minimum atomic E-state index is -0.490. The van der Waals surface area contributed by atoms with Gasteiger partial charge in [-0.15, -0.1) is 0 Å². The zero-order valence-corrected chi connectivity index (χ0v) is 19.7. The number of piperidine rings is 1. The average Bonchev–Trinajstić information content (AvgIpc) is 3.39. The predicted octanol–water partition coefficient (Wildman–Crippen LogP) is 4.55. The van der Waals surface area contributed by atoms with Crippen molar-refractivity contribution in [2.45, 2.75) is 70.1 Å². The Morgan fingerprint density at radius 1 is 1.18 bits per heavy atom. The predicted molar refractivity (Wildman–Crippen MR) is 122 cm³/mol. The molecule has 0 N–H and O–H groups in total. The van der Waals surface area contributed by atoms with E-state index in [4.69, 9.17) is 19.0 Å². The largest absolute Gasteiger partial charge is 0.444 e. The fourth-order valence-electron chi connectivity index (χ4n) is 4.55. The minimum Gasteiger partial charge on any atom is -0.444 e. The van der Waals surface area contributed by atoms with Crippen molar-refractivity contribution in [3.63, 3.8) is 0 Å². The van der Waals surface area contributed by atoms with Crippen molar-refractivity contribution in [2.75, 3.05) is 20.2 Å². The van der Waals surface area contributed by atoms with Crippen molar-refractivity contribution in [1.29, 1.82) is 0 Å². The van der Waals surface area contributed by atoms with Gasteiger partial charge in [0.1, 0.15) is 5.60 Å². The van der Waals surface area contributed by atoms with Crippen LogP contribution in [0.25, 0.3) is 22.3 Å². The van der Waals surface area contributed by atoms with Gasteiger partial charge < -0.3 is 18.9 Å². The third-order valence-corrected chi connectivity index (χ3v) is 6.54. The van der Waals surface area contributed by atoms with E-state index in [0.29, 0.717) is 37.0 Å². The van der Waals surface area contributed by atoms with Crippen LogP contribution in [0.15, 0.2) is 28.9 Å². The van der Waals surface area contributed by atoms with Crippen molar-refractivity contribution in [3.05, 3.63) is 30.3 Å². The molecule has 1 aliphatic heterocycles. The van der Waals surface area contributed by atoms with Crippen molar-refractivity contribution >= 4 is 17.0 Å². The van der Waals surface area contributed by atoms with Crippen LogP contribution in [0.1, 0.15) is 64.3 Å². The molecule has 33 heavy (non-hydrogen) atoms. The highest BCUT2D eigenvalue weighted by atomic mass is 16.6. The van der Waals surface area contributed by atoms with Gasteiger partial charge in [-0.25, -0.2) is 4.79 Å². The molecule has 2 aliphatic rings. The Balaban J connectivity index is 1.27. The SMILES string of the molecule is CO[C@H]1C[C@H](n2ncc3ccc(-c4noc(C5CCN(C(=O)OC(C)(C)C)CC5)n4)cc32)C1. The van der Waals surface area contributed by atoms with Crippen LogP contribution >= 0.6 is 0 Å². The molecule has 3 heterocycles. The molecule has 1 saturated heterocycles. The quantitative estimate of drug-likeness (QED) is 0.572. The normalized spacial score (nSPS) is 21.9. The summed E-state index contributed by atoms with van der Waals surface area (Å²) < 4.78 is 18.6. The standard InChI is InChI=1S/C24H31N5O4/c1-24(2,3)32-23(30)28-9-7-15(8-10-28)22-26-21(27-33-22)16-5-6-17-14-25-29(20(17)11-16)18-12-19(13-18)31-4/h5-6,11,14-15,18-19H,7-10,12-13H2,1-4H3/t18-,19-. The monoisotopic (exact) mass is 453 g/mol. The summed E-state index contributed by atoms with van der Waals surface area (Å²) in [5, 5.41) is 9.94. The maximum Gasteiger partial charge on any atom is 0.410 e. The lowest BCUT2D eigenvalue weighted by Crippen LogP contribution is -2.41. The molecule has 2 fully saturated rings. The lowest BCUT2D eigenvalue weighted by molar-refractivity contribution is 0.00386. The Labute approximate surface area is 193 Å². The number of likely N-dealkylation sites (tertiary alicyclic amines) is 1. The van der Waals surface area contributed by atoms with Crippen LogP contribution in [0.4, 0.5) is 4.79 Å². The molecule has 0 unspecified atom stereocenters. The van der Waals surface area contributed by atoms with E-state index in [1.54, 1.807) is 12.0 Å². The first-order valence-electron chi connectivity index (χ1n) is 11.6. The second-order valence-corrected chi connectivity index (χ2v) is 10.0. The molecule has 9 heteroatoms. The maximum absolute atomic E-state index is 12.3. The molecule has 1 saturated carbocycles. The van der Waals surface area contributed by atoms with Gasteiger partial charge in [-0.3, -0.25) is 4.68 Å². The average molecular weight is 454 g/mol. The number of benzene rings is 1. The van der Waals surface area contributed by atoms with E-state index in [1.807, 2.05) is 33.0 Å². The van der Waals surface area contributed by atoms with Crippen LogP contribution in [0.5, 0.6) is 0 Å². The number of ether oxygens (including phenoxy) is 2. The number of nitrogens with zero attached hydrogens (tertiary/aromatic N) is 5. The van der Waals surface area contributed by atoms with Crippen molar-refractivity contribution < 1.29 is 18.8 Å². The number of amides is 1. The van der Waals surface area contributed by atoms with Crippen LogP contribution in [0.3, 0.4) is 0 Å².